The van der Waals surface area contributed by atoms with Crippen LogP contribution in [0.5, 0.6) is 0 Å². The summed E-state index contributed by atoms with van der Waals surface area (Å²) in [5.74, 6) is 0. The number of pyridine rings is 1. The summed E-state index contributed by atoms with van der Waals surface area (Å²) in [5, 5.41) is 1.80. The Morgan fingerprint density at radius 1 is 1.09 bits per heavy atom. The molecule has 5 nitrogen and oxygen atoms in total. The van der Waals surface area contributed by atoms with Gasteiger partial charge in [0.1, 0.15) is 4.21 Å². The van der Waals surface area contributed by atoms with E-state index in [2.05, 4.69) is 9.88 Å². The lowest BCUT2D eigenvalue weighted by Gasteiger charge is -2.33. The van der Waals surface area contributed by atoms with E-state index in [4.69, 9.17) is 0 Å². The number of hydrogen-bond acceptors (Lipinski definition) is 5. The molecule has 0 aliphatic carbocycles. The highest BCUT2D eigenvalue weighted by Crippen LogP contribution is 2.22. The van der Waals surface area contributed by atoms with Crippen LogP contribution in [0, 0.1) is 0 Å². The molecule has 3 rings (SSSR count). The van der Waals surface area contributed by atoms with Crippen molar-refractivity contribution in [3.8, 4) is 0 Å². The zero-order valence-corrected chi connectivity index (χ0v) is 13.9. The second-order valence-corrected chi connectivity index (χ2v) is 8.40. The van der Waals surface area contributed by atoms with E-state index in [0.717, 1.165) is 26.1 Å². The highest BCUT2D eigenvalue weighted by molar-refractivity contribution is 7.91. The quantitative estimate of drug-likeness (QED) is 0.833. The lowest BCUT2D eigenvalue weighted by atomic mass is 10.2. The van der Waals surface area contributed by atoms with E-state index >= 15 is 0 Å². The SMILES string of the molecule is O=S(=O)(c1cccs1)N1CCN(CCc2ccncc2)CC1. The lowest BCUT2D eigenvalue weighted by molar-refractivity contribution is 0.190. The number of hydrogen-bond donors (Lipinski definition) is 0. The van der Waals surface area contributed by atoms with Crippen molar-refractivity contribution in [3.05, 3.63) is 47.6 Å². The van der Waals surface area contributed by atoms with Crippen molar-refractivity contribution in [1.29, 1.82) is 0 Å². The van der Waals surface area contributed by atoms with Crippen molar-refractivity contribution in [1.82, 2.24) is 14.2 Å². The van der Waals surface area contributed by atoms with Crippen LogP contribution >= 0.6 is 11.3 Å². The van der Waals surface area contributed by atoms with Crippen molar-refractivity contribution in [2.45, 2.75) is 10.6 Å². The molecule has 0 bridgehead atoms. The molecule has 118 valence electrons. The second kappa shape index (κ2) is 6.87. The molecule has 22 heavy (non-hydrogen) atoms. The third kappa shape index (κ3) is 3.55. The Morgan fingerprint density at radius 3 is 2.45 bits per heavy atom. The van der Waals surface area contributed by atoms with Gasteiger partial charge in [-0.3, -0.25) is 4.98 Å². The average molecular weight is 337 g/mol. The number of sulfonamides is 1. The molecule has 3 heterocycles. The fourth-order valence-electron chi connectivity index (χ4n) is 2.57. The van der Waals surface area contributed by atoms with Gasteiger partial charge in [-0.2, -0.15) is 4.31 Å². The minimum atomic E-state index is -3.29. The van der Waals surface area contributed by atoms with Crippen LogP contribution < -0.4 is 0 Å². The van der Waals surface area contributed by atoms with E-state index < -0.39 is 10.0 Å². The fourth-order valence-corrected chi connectivity index (χ4v) is 5.13. The predicted octanol–water partition coefficient (Wildman–Crippen LogP) is 1.69. The summed E-state index contributed by atoms with van der Waals surface area (Å²) in [5.41, 5.74) is 1.27. The van der Waals surface area contributed by atoms with Gasteiger partial charge in [0.15, 0.2) is 0 Å². The molecule has 1 aliphatic heterocycles. The van der Waals surface area contributed by atoms with Gasteiger partial charge in [-0.25, -0.2) is 8.42 Å². The molecular weight excluding hydrogens is 318 g/mol. The fraction of sp³-hybridized carbons (Fsp3) is 0.400. The molecule has 0 radical (unpaired) electrons. The van der Waals surface area contributed by atoms with Gasteiger partial charge in [-0.15, -0.1) is 11.3 Å². The van der Waals surface area contributed by atoms with Crippen LogP contribution in [0.3, 0.4) is 0 Å². The van der Waals surface area contributed by atoms with Crippen LogP contribution in [0.1, 0.15) is 5.56 Å². The number of rotatable bonds is 5. The van der Waals surface area contributed by atoms with Crippen molar-refractivity contribution in [2.75, 3.05) is 32.7 Å². The summed E-state index contributed by atoms with van der Waals surface area (Å²) in [6.07, 6.45) is 4.59. The summed E-state index contributed by atoms with van der Waals surface area (Å²) in [6.45, 7) is 3.66. The third-order valence-electron chi connectivity index (χ3n) is 3.89. The maximum absolute atomic E-state index is 12.4. The lowest BCUT2D eigenvalue weighted by Crippen LogP contribution is -2.48. The second-order valence-electron chi connectivity index (χ2n) is 5.28. The van der Waals surface area contributed by atoms with Gasteiger partial charge in [0, 0.05) is 45.1 Å². The van der Waals surface area contributed by atoms with E-state index in [1.54, 1.807) is 34.2 Å². The van der Waals surface area contributed by atoms with Crippen LogP contribution in [-0.2, 0) is 16.4 Å². The smallest absolute Gasteiger partial charge is 0.252 e. The van der Waals surface area contributed by atoms with E-state index in [-0.39, 0.29) is 0 Å². The summed E-state index contributed by atoms with van der Waals surface area (Å²) in [6, 6.07) is 7.51. The Bertz CT molecular complexity index is 679. The standard InChI is InChI=1S/C15H19N3O2S2/c19-22(20,15-2-1-13-21-15)18-11-9-17(10-12-18)8-5-14-3-6-16-7-4-14/h1-4,6-7,13H,5,8-12H2. The van der Waals surface area contributed by atoms with Crippen molar-refractivity contribution >= 4 is 21.4 Å². The summed E-state index contributed by atoms with van der Waals surface area (Å²) in [7, 11) is -3.29. The molecule has 1 aliphatic rings. The van der Waals surface area contributed by atoms with Gasteiger partial charge in [-0.1, -0.05) is 6.07 Å². The minimum Gasteiger partial charge on any atom is -0.300 e. The summed E-state index contributed by atoms with van der Waals surface area (Å²) >= 11 is 1.28. The number of nitrogens with zero attached hydrogens (tertiary/aromatic N) is 3. The Labute approximate surface area is 135 Å². The van der Waals surface area contributed by atoms with Gasteiger partial charge in [0.2, 0.25) is 0 Å². The predicted molar refractivity (Wildman–Crippen MR) is 87.5 cm³/mol. The first kappa shape index (κ1) is 15.6. The highest BCUT2D eigenvalue weighted by Gasteiger charge is 2.28. The highest BCUT2D eigenvalue weighted by atomic mass is 32.2. The third-order valence-corrected chi connectivity index (χ3v) is 7.16. The van der Waals surface area contributed by atoms with Crippen molar-refractivity contribution in [2.24, 2.45) is 0 Å². The summed E-state index contributed by atoms with van der Waals surface area (Å²) < 4.78 is 26.9. The molecule has 0 atom stereocenters. The average Bonchev–Trinajstić information content (AvgIpc) is 3.10. The van der Waals surface area contributed by atoms with Gasteiger partial charge >= 0.3 is 0 Å². The van der Waals surface area contributed by atoms with E-state index in [1.165, 1.54) is 16.9 Å². The summed E-state index contributed by atoms with van der Waals surface area (Å²) in [4.78, 5) is 6.34. The minimum absolute atomic E-state index is 0.442. The Balaban J connectivity index is 1.52. The zero-order chi connectivity index (χ0) is 15.4. The van der Waals surface area contributed by atoms with Crippen LogP contribution in [0.4, 0.5) is 0 Å². The molecule has 0 amide bonds. The van der Waals surface area contributed by atoms with Crippen LogP contribution in [-0.4, -0.2) is 55.3 Å². The molecule has 1 saturated heterocycles. The van der Waals surface area contributed by atoms with E-state index in [1.807, 2.05) is 12.1 Å². The molecule has 0 aromatic carbocycles. The first-order chi connectivity index (χ1) is 10.7. The monoisotopic (exact) mass is 337 g/mol. The van der Waals surface area contributed by atoms with Gasteiger partial charge in [0.25, 0.3) is 10.0 Å². The number of piperazine rings is 1. The molecule has 0 N–H and O–H groups in total. The molecular formula is C15H19N3O2S2. The first-order valence-electron chi connectivity index (χ1n) is 7.31. The maximum atomic E-state index is 12.4. The van der Waals surface area contributed by atoms with Gasteiger partial charge in [0.05, 0.1) is 0 Å². The first-order valence-corrected chi connectivity index (χ1v) is 9.63. The Hall–Kier alpha value is -1.28. The topological polar surface area (TPSA) is 53.5 Å². The van der Waals surface area contributed by atoms with E-state index in [0.29, 0.717) is 17.3 Å². The number of aromatic nitrogens is 1. The van der Waals surface area contributed by atoms with Crippen molar-refractivity contribution in [3.63, 3.8) is 0 Å². The largest absolute Gasteiger partial charge is 0.300 e. The Kier molecular flexibility index (Phi) is 4.87. The molecule has 0 spiro atoms. The van der Waals surface area contributed by atoms with E-state index in [9.17, 15) is 8.42 Å². The molecule has 2 aromatic heterocycles. The van der Waals surface area contributed by atoms with Crippen LogP contribution in [0.25, 0.3) is 0 Å². The maximum Gasteiger partial charge on any atom is 0.252 e. The number of thiophene rings is 1. The Morgan fingerprint density at radius 2 is 1.82 bits per heavy atom. The van der Waals surface area contributed by atoms with Crippen LogP contribution in [0.15, 0.2) is 46.2 Å². The molecule has 0 saturated carbocycles. The molecule has 1 fully saturated rings. The molecule has 2 aromatic rings. The van der Waals surface area contributed by atoms with Crippen molar-refractivity contribution < 1.29 is 8.42 Å². The van der Waals surface area contributed by atoms with Gasteiger partial charge in [-0.05, 0) is 35.6 Å². The molecule has 7 heteroatoms. The normalized spacial score (nSPS) is 17.6. The zero-order valence-electron chi connectivity index (χ0n) is 12.3. The van der Waals surface area contributed by atoms with Gasteiger partial charge < -0.3 is 4.90 Å². The van der Waals surface area contributed by atoms with Crippen LogP contribution in [0.2, 0.25) is 0 Å². The molecule has 0 unspecified atom stereocenters.